The van der Waals surface area contributed by atoms with Crippen LogP contribution in [0.2, 0.25) is 0 Å². The number of hydrogen-bond acceptors (Lipinski definition) is 4. The van der Waals surface area contributed by atoms with Gasteiger partial charge in [0, 0.05) is 30.3 Å². The molecule has 3 rings (SSSR count). The number of benzene rings is 1. The molecule has 25 heavy (non-hydrogen) atoms. The first-order valence-corrected chi connectivity index (χ1v) is 9.88. The molecule has 1 aromatic carbocycles. The van der Waals surface area contributed by atoms with Crippen LogP contribution in [-0.2, 0) is 4.79 Å². The molecule has 3 amide bonds. The summed E-state index contributed by atoms with van der Waals surface area (Å²) >= 11 is 1.96. The van der Waals surface area contributed by atoms with Gasteiger partial charge in [0.2, 0.25) is 0 Å². The Labute approximate surface area is 152 Å². The monoisotopic (exact) mass is 363 g/mol. The van der Waals surface area contributed by atoms with Crippen molar-refractivity contribution >= 4 is 35.1 Å². The van der Waals surface area contributed by atoms with E-state index in [2.05, 4.69) is 10.6 Å². The standard InChI is InChI=1S/C18H25N3O3S/c1-21-15-11-13(7-8-16(15)24-12-17(21)22)20-18(23)19-9-10-25-14-5-3-2-4-6-14/h7-8,11,14H,2-6,9-10,12H2,1H3,(H2,19,20,23). The van der Waals surface area contributed by atoms with Gasteiger partial charge in [-0.3, -0.25) is 4.79 Å². The number of hydrogen-bond donors (Lipinski definition) is 2. The molecule has 7 heteroatoms. The Morgan fingerprint density at radius 2 is 2.12 bits per heavy atom. The first-order chi connectivity index (χ1) is 12.1. The van der Waals surface area contributed by atoms with Crippen LogP contribution in [-0.4, -0.2) is 43.1 Å². The lowest BCUT2D eigenvalue weighted by Crippen LogP contribution is -2.35. The fourth-order valence-corrected chi connectivity index (χ4v) is 4.37. The van der Waals surface area contributed by atoms with E-state index in [1.165, 1.54) is 32.1 Å². The van der Waals surface area contributed by atoms with Crippen molar-refractivity contribution in [3.63, 3.8) is 0 Å². The quantitative estimate of drug-likeness (QED) is 0.788. The van der Waals surface area contributed by atoms with Crippen molar-refractivity contribution in [2.45, 2.75) is 37.4 Å². The number of amides is 3. The molecule has 6 nitrogen and oxygen atoms in total. The molecule has 1 heterocycles. The third-order valence-corrected chi connectivity index (χ3v) is 5.98. The first kappa shape index (κ1) is 17.9. The Balaban J connectivity index is 1.44. The van der Waals surface area contributed by atoms with Crippen molar-refractivity contribution in [2.24, 2.45) is 0 Å². The lowest BCUT2D eigenvalue weighted by atomic mass is 10.0. The van der Waals surface area contributed by atoms with E-state index in [0.717, 1.165) is 11.0 Å². The van der Waals surface area contributed by atoms with Crippen molar-refractivity contribution < 1.29 is 14.3 Å². The highest BCUT2D eigenvalue weighted by molar-refractivity contribution is 7.99. The van der Waals surface area contributed by atoms with Gasteiger partial charge >= 0.3 is 6.03 Å². The molecular formula is C18H25N3O3S. The van der Waals surface area contributed by atoms with E-state index in [9.17, 15) is 9.59 Å². The van der Waals surface area contributed by atoms with E-state index in [4.69, 9.17) is 4.74 Å². The highest BCUT2D eigenvalue weighted by atomic mass is 32.2. The van der Waals surface area contributed by atoms with Gasteiger partial charge in [-0.2, -0.15) is 11.8 Å². The molecule has 0 atom stereocenters. The van der Waals surface area contributed by atoms with Gasteiger partial charge in [0.25, 0.3) is 5.91 Å². The van der Waals surface area contributed by atoms with Crippen LogP contribution in [0.5, 0.6) is 5.75 Å². The van der Waals surface area contributed by atoms with Gasteiger partial charge in [-0.05, 0) is 31.0 Å². The SMILES string of the molecule is CN1C(=O)COc2ccc(NC(=O)NCCSC3CCCCC3)cc21. The number of urea groups is 1. The Morgan fingerprint density at radius 3 is 2.92 bits per heavy atom. The van der Waals surface area contributed by atoms with E-state index in [-0.39, 0.29) is 18.5 Å². The van der Waals surface area contributed by atoms with E-state index in [1.54, 1.807) is 30.1 Å². The summed E-state index contributed by atoms with van der Waals surface area (Å²) < 4.78 is 5.38. The number of thioether (sulfide) groups is 1. The molecule has 0 aromatic heterocycles. The number of fused-ring (bicyclic) bond motifs is 1. The minimum absolute atomic E-state index is 0.0510. The molecule has 0 spiro atoms. The molecule has 0 saturated heterocycles. The zero-order valence-corrected chi connectivity index (χ0v) is 15.4. The van der Waals surface area contributed by atoms with Crippen molar-refractivity contribution in [1.29, 1.82) is 0 Å². The summed E-state index contributed by atoms with van der Waals surface area (Å²) in [5.74, 6) is 1.48. The predicted octanol–water partition coefficient (Wildman–Crippen LogP) is 3.23. The van der Waals surface area contributed by atoms with Gasteiger partial charge in [0.15, 0.2) is 6.61 Å². The third-order valence-electron chi connectivity index (χ3n) is 4.60. The molecule has 1 aliphatic heterocycles. The minimum Gasteiger partial charge on any atom is -0.482 e. The number of nitrogens with one attached hydrogen (secondary N) is 2. The highest BCUT2D eigenvalue weighted by Gasteiger charge is 2.22. The van der Waals surface area contributed by atoms with E-state index >= 15 is 0 Å². The summed E-state index contributed by atoms with van der Waals surface area (Å²) in [6.07, 6.45) is 6.65. The van der Waals surface area contributed by atoms with Crippen LogP contribution in [0.4, 0.5) is 16.2 Å². The molecule has 0 radical (unpaired) electrons. The van der Waals surface area contributed by atoms with Gasteiger partial charge in [-0.15, -0.1) is 0 Å². The van der Waals surface area contributed by atoms with Crippen LogP contribution in [0, 0.1) is 0 Å². The number of rotatable bonds is 5. The summed E-state index contributed by atoms with van der Waals surface area (Å²) in [6.45, 7) is 0.703. The summed E-state index contributed by atoms with van der Waals surface area (Å²) in [5.41, 5.74) is 1.31. The van der Waals surface area contributed by atoms with Gasteiger partial charge in [0.1, 0.15) is 5.75 Å². The molecule has 136 valence electrons. The molecule has 2 aliphatic rings. The largest absolute Gasteiger partial charge is 0.482 e. The number of anilines is 2. The first-order valence-electron chi connectivity index (χ1n) is 8.83. The molecule has 0 unspecified atom stereocenters. The molecule has 0 bridgehead atoms. The third kappa shape index (κ3) is 4.81. The fraction of sp³-hybridized carbons (Fsp3) is 0.556. The van der Waals surface area contributed by atoms with Gasteiger partial charge in [-0.1, -0.05) is 19.3 Å². The van der Waals surface area contributed by atoms with Crippen molar-refractivity contribution in [2.75, 3.05) is 36.2 Å². The average molecular weight is 363 g/mol. The van der Waals surface area contributed by atoms with Crippen molar-refractivity contribution in [3.8, 4) is 5.75 Å². The number of carbonyl (C=O) groups is 2. The Kier molecular flexibility index (Phi) is 6.07. The minimum atomic E-state index is -0.227. The summed E-state index contributed by atoms with van der Waals surface area (Å²) in [5, 5.41) is 6.46. The van der Waals surface area contributed by atoms with E-state index in [1.807, 2.05) is 11.8 Å². The Bertz CT molecular complexity index is 632. The molecule has 1 fully saturated rings. The van der Waals surface area contributed by atoms with Crippen LogP contribution in [0.1, 0.15) is 32.1 Å². The molecule has 1 aliphatic carbocycles. The Morgan fingerprint density at radius 1 is 1.32 bits per heavy atom. The number of ether oxygens (including phenoxy) is 1. The van der Waals surface area contributed by atoms with Gasteiger partial charge in [-0.25, -0.2) is 4.79 Å². The summed E-state index contributed by atoms with van der Waals surface area (Å²) in [6, 6.07) is 5.07. The van der Waals surface area contributed by atoms with Crippen LogP contribution in [0.15, 0.2) is 18.2 Å². The number of nitrogens with zero attached hydrogens (tertiary/aromatic N) is 1. The van der Waals surface area contributed by atoms with Crippen LogP contribution in [0.3, 0.4) is 0 Å². The second-order valence-corrected chi connectivity index (χ2v) is 7.84. The van der Waals surface area contributed by atoms with E-state index in [0.29, 0.717) is 23.7 Å². The zero-order chi connectivity index (χ0) is 17.6. The maximum absolute atomic E-state index is 12.0. The van der Waals surface area contributed by atoms with Gasteiger partial charge in [0.05, 0.1) is 5.69 Å². The lowest BCUT2D eigenvalue weighted by molar-refractivity contribution is -0.120. The molecular weight excluding hydrogens is 338 g/mol. The molecule has 1 aromatic rings. The van der Waals surface area contributed by atoms with Crippen LogP contribution >= 0.6 is 11.8 Å². The van der Waals surface area contributed by atoms with Crippen LogP contribution in [0.25, 0.3) is 0 Å². The Hall–Kier alpha value is -1.89. The second kappa shape index (κ2) is 8.47. The fourth-order valence-electron chi connectivity index (χ4n) is 3.15. The second-order valence-electron chi connectivity index (χ2n) is 6.44. The predicted molar refractivity (Wildman–Crippen MR) is 102 cm³/mol. The zero-order valence-electron chi connectivity index (χ0n) is 14.5. The van der Waals surface area contributed by atoms with Gasteiger partial charge < -0.3 is 20.3 Å². The normalized spacial score (nSPS) is 17.6. The molecule has 2 N–H and O–H groups in total. The smallest absolute Gasteiger partial charge is 0.319 e. The summed E-state index contributed by atoms with van der Waals surface area (Å²) in [4.78, 5) is 25.3. The topological polar surface area (TPSA) is 70.7 Å². The van der Waals surface area contributed by atoms with E-state index < -0.39 is 0 Å². The van der Waals surface area contributed by atoms with Crippen LogP contribution < -0.4 is 20.3 Å². The van der Waals surface area contributed by atoms with Crippen molar-refractivity contribution in [3.05, 3.63) is 18.2 Å². The molecule has 1 saturated carbocycles. The maximum Gasteiger partial charge on any atom is 0.319 e. The number of carbonyl (C=O) groups excluding carboxylic acids is 2. The maximum atomic E-state index is 12.0. The lowest BCUT2D eigenvalue weighted by Gasteiger charge is -2.26. The number of likely N-dealkylation sites (N-methyl/N-ethyl adjacent to an activating group) is 1. The highest BCUT2D eigenvalue weighted by Crippen LogP contribution is 2.33. The summed E-state index contributed by atoms with van der Waals surface area (Å²) in [7, 11) is 1.70. The van der Waals surface area contributed by atoms with Crippen molar-refractivity contribution in [1.82, 2.24) is 5.32 Å². The average Bonchev–Trinajstić information content (AvgIpc) is 2.63.